The maximum Gasteiger partial charge on any atom is 0.0648 e. The van der Waals surface area contributed by atoms with E-state index >= 15 is 0 Å². The molecule has 1 aromatic heterocycles. The minimum absolute atomic E-state index is 0.0813. The second kappa shape index (κ2) is 3.87. The first kappa shape index (κ1) is 9.93. The van der Waals surface area contributed by atoms with Crippen molar-refractivity contribution in [1.82, 2.24) is 9.78 Å². The quantitative estimate of drug-likeness (QED) is 0.809. The number of aromatic nitrogens is 2. The second-order valence-corrected chi connectivity index (χ2v) is 3.76. The van der Waals surface area contributed by atoms with Crippen LogP contribution in [0.4, 0.5) is 0 Å². The number of aryl methyl sites for hydroxylation is 1. The summed E-state index contributed by atoms with van der Waals surface area (Å²) in [5.41, 5.74) is 9.13. The van der Waals surface area contributed by atoms with Gasteiger partial charge in [0.1, 0.15) is 0 Å². The third kappa shape index (κ3) is 1.92. The molecule has 2 rings (SSSR count). The summed E-state index contributed by atoms with van der Waals surface area (Å²) in [6.07, 6.45) is 1.80. The molecule has 0 saturated carbocycles. The summed E-state index contributed by atoms with van der Waals surface area (Å²) < 4.78 is 1.91. The van der Waals surface area contributed by atoms with Crippen LogP contribution in [0, 0.1) is 6.92 Å². The summed E-state index contributed by atoms with van der Waals surface area (Å²) in [6, 6.07) is 10.2. The smallest absolute Gasteiger partial charge is 0.0648 e. The fourth-order valence-corrected chi connectivity index (χ4v) is 1.56. The summed E-state index contributed by atoms with van der Waals surface area (Å²) >= 11 is 0. The summed E-state index contributed by atoms with van der Waals surface area (Å²) in [5, 5.41) is 4.25. The van der Waals surface area contributed by atoms with E-state index in [1.54, 1.807) is 6.20 Å². The maximum absolute atomic E-state index is 5.79. The highest BCUT2D eigenvalue weighted by Gasteiger charge is 2.02. The molecule has 0 amide bonds. The standard InChI is InChI=1S/C12H15N3/c1-9-7-8-14-15(9)12-5-3-11(4-6-12)10(2)13/h3-8,10H,13H2,1-2H3. The van der Waals surface area contributed by atoms with Gasteiger partial charge in [0.15, 0.2) is 0 Å². The number of nitrogens with two attached hydrogens (primary N) is 1. The molecule has 2 N–H and O–H groups in total. The highest BCUT2D eigenvalue weighted by atomic mass is 15.3. The normalized spacial score (nSPS) is 12.7. The molecule has 0 fully saturated rings. The van der Waals surface area contributed by atoms with Gasteiger partial charge in [-0.05, 0) is 37.6 Å². The lowest BCUT2D eigenvalue weighted by atomic mass is 10.1. The first-order valence-corrected chi connectivity index (χ1v) is 5.05. The van der Waals surface area contributed by atoms with E-state index in [1.807, 2.05) is 48.9 Å². The van der Waals surface area contributed by atoms with E-state index in [4.69, 9.17) is 5.73 Å². The fourth-order valence-electron chi connectivity index (χ4n) is 1.56. The van der Waals surface area contributed by atoms with Crippen LogP contribution in [0.1, 0.15) is 24.2 Å². The zero-order chi connectivity index (χ0) is 10.8. The zero-order valence-corrected chi connectivity index (χ0v) is 9.01. The molecular weight excluding hydrogens is 186 g/mol. The van der Waals surface area contributed by atoms with Crippen LogP contribution in [-0.4, -0.2) is 9.78 Å². The fraction of sp³-hybridized carbons (Fsp3) is 0.250. The molecule has 1 atom stereocenters. The monoisotopic (exact) mass is 201 g/mol. The van der Waals surface area contributed by atoms with E-state index in [1.165, 1.54) is 0 Å². The van der Waals surface area contributed by atoms with Crippen LogP contribution in [0.2, 0.25) is 0 Å². The number of benzene rings is 1. The molecule has 78 valence electrons. The summed E-state index contributed by atoms with van der Waals surface area (Å²) in [6.45, 7) is 4.01. The van der Waals surface area contributed by atoms with Crippen molar-refractivity contribution in [3.63, 3.8) is 0 Å². The molecule has 3 heteroatoms. The highest BCUT2D eigenvalue weighted by molar-refractivity contribution is 5.36. The Morgan fingerprint density at radius 3 is 2.33 bits per heavy atom. The Hall–Kier alpha value is -1.61. The Morgan fingerprint density at radius 1 is 1.20 bits per heavy atom. The van der Waals surface area contributed by atoms with Gasteiger partial charge < -0.3 is 5.73 Å². The SMILES string of the molecule is Cc1ccnn1-c1ccc(C(C)N)cc1. The van der Waals surface area contributed by atoms with Crippen molar-refractivity contribution in [3.05, 3.63) is 47.8 Å². The van der Waals surface area contributed by atoms with Crippen molar-refractivity contribution in [2.75, 3.05) is 0 Å². The van der Waals surface area contributed by atoms with Crippen molar-refractivity contribution >= 4 is 0 Å². The van der Waals surface area contributed by atoms with Crippen LogP contribution in [0.15, 0.2) is 36.5 Å². The average Bonchev–Trinajstić information content (AvgIpc) is 2.65. The van der Waals surface area contributed by atoms with E-state index < -0.39 is 0 Å². The first-order valence-electron chi connectivity index (χ1n) is 5.05. The van der Waals surface area contributed by atoms with Crippen LogP contribution in [0.5, 0.6) is 0 Å². The molecule has 1 unspecified atom stereocenters. The molecule has 0 aliphatic heterocycles. The Balaban J connectivity index is 2.36. The molecule has 0 bridgehead atoms. The minimum atomic E-state index is 0.0813. The number of nitrogens with zero attached hydrogens (tertiary/aromatic N) is 2. The van der Waals surface area contributed by atoms with Crippen LogP contribution in [0.25, 0.3) is 5.69 Å². The highest BCUT2D eigenvalue weighted by Crippen LogP contribution is 2.14. The van der Waals surface area contributed by atoms with E-state index in [9.17, 15) is 0 Å². The zero-order valence-electron chi connectivity index (χ0n) is 9.01. The molecule has 0 aliphatic carbocycles. The van der Waals surface area contributed by atoms with E-state index in [-0.39, 0.29) is 6.04 Å². The van der Waals surface area contributed by atoms with Gasteiger partial charge in [0.2, 0.25) is 0 Å². The van der Waals surface area contributed by atoms with E-state index in [0.29, 0.717) is 0 Å². The Morgan fingerprint density at radius 2 is 1.87 bits per heavy atom. The summed E-state index contributed by atoms with van der Waals surface area (Å²) in [4.78, 5) is 0. The summed E-state index contributed by atoms with van der Waals surface area (Å²) in [7, 11) is 0. The lowest BCUT2D eigenvalue weighted by Crippen LogP contribution is -2.05. The lowest BCUT2D eigenvalue weighted by molar-refractivity contribution is 0.811. The average molecular weight is 201 g/mol. The molecule has 0 radical (unpaired) electrons. The van der Waals surface area contributed by atoms with Gasteiger partial charge in [-0.25, -0.2) is 4.68 Å². The molecule has 0 saturated heterocycles. The topological polar surface area (TPSA) is 43.8 Å². The van der Waals surface area contributed by atoms with Crippen molar-refractivity contribution in [2.24, 2.45) is 5.73 Å². The van der Waals surface area contributed by atoms with Gasteiger partial charge in [-0.2, -0.15) is 5.10 Å². The van der Waals surface area contributed by atoms with Gasteiger partial charge in [-0.3, -0.25) is 0 Å². The van der Waals surface area contributed by atoms with Gasteiger partial charge in [0, 0.05) is 17.9 Å². The molecule has 3 nitrogen and oxygen atoms in total. The molecule has 2 aromatic rings. The molecule has 0 aliphatic rings. The third-order valence-corrected chi connectivity index (χ3v) is 2.50. The van der Waals surface area contributed by atoms with Crippen molar-refractivity contribution in [3.8, 4) is 5.69 Å². The second-order valence-electron chi connectivity index (χ2n) is 3.76. The number of hydrogen-bond donors (Lipinski definition) is 1. The van der Waals surface area contributed by atoms with Gasteiger partial charge >= 0.3 is 0 Å². The Labute approximate surface area is 89.5 Å². The van der Waals surface area contributed by atoms with E-state index in [2.05, 4.69) is 5.10 Å². The van der Waals surface area contributed by atoms with Gasteiger partial charge in [-0.15, -0.1) is 0 Å². The van der Waals surface area contributed by atoms with Crippen molar-refractivity contribution < 1.29 is 0 Å². The van der Waals surface area contributed by atoms with Crippen LogP contribution in [0.3, 0.4) is 0 Å². The van der Waals surface area contributed by atoms with Crippen LogP contribution >= 0.6 is 0 Å². The minimum Gasteiger partial charge on any atom is -0.324 e. The number of rotatable bonds is 2. The molecule has 1 heterocycles. The predicted molar refractivity (Wildman–Crippen MR) is 60.9 cm³/mol. The molecule has 15 heavy (non-hydrogen) atoms. The number of hydrogen-bond acceptors (Lipinski definition) is 2. The Bertz CT molecular complexity index is 440. The predicted octanol–water partition coefficient (Wildman–Crippen LogP) is 2.20. The van der Waals surface area contributed by atoms with Crippen molar-refractivity contribution in [2.45, 2.75) is 19.9 Å². The molecular formula is C12H15N3. The maximum atomic E-state index is 5.79. The van der Waals surface area contributed by atoms with Crippen molar-refractivity contribution in [1.29, 1.82) is 0 Å². The van der Waals surface area contributed by atoms with Crippen LogP contribution in [-0.2, 0) is 0 Å². The van der Waals surface area contributed by atoms with Crippen LogP contribution < -0.4 is 5.73 Å². The lowest BCUT2D eigenvalue weighted by Gasteiger charge is -2.08. The third-order valence-electron chi connectivity index (χ3n) is 2.50. The largest absolute Gasteiger partial charge is 0.324 e. The molecule has 0 spiro atoms. The Kier molecular flexibility index (Phi) is 2.56. The van der Waals surface area contributed by atoms with Gasteiger partial charge in [0.05, 0.1) is 5.69 Å². The first-order chi connectivity index (χ1) is 7.18. The van der Waals surface area contributed by atoms with Gasteiger partial charge in [0.25, 0.3) is 0 Å². The van der Waals surface area contributed by atoms with Gasteiger partial charge in [-0.1, -0.05) is 12.1 Å². The summed E-state index contributed by atoms with van der Waals surface area (Å²) in [5.74, 6) is 0. The van der Waals surface area contributed by atoms with E-state index in [0.717, 1.165) is 16.9 Å². The molecule has 1 aromatic carbocycles.